The average molecular weight is 508 g/mol. The first-order chi connectivity index (χ1) is 15.7. The lowest BCUT2D eigenvalue weighted by atomic mass is 10.0. The fourth-order valence-corrected chi connectivity index (χ4v) is 6.03. The van der Waals surface area contributed by atoms with Crippen molar-refractivity contribution < 1.29 is 31.8 Å². The third-order valence-electron chi connectivity index (χ3n) is 6.79. The second-order valence-corrected chi connectivity index (χ2v) is 13.4. The molecule has 1 rings (SSSR count). The van der Waals surface area contributed by atoms with Gasteiger partial charge in [-0.05, 0) is 12.8 Å². The maximum Gasteiger partial charge on any atom is 0.265 e. The Morgan fingerprint density at radius 2 is 1.35 bits per heavy atom. The summed E-state index contributed by atoms with van der Waals surface area (Å²) in [5.41, 5.74) is 0. The monoisotopic (exact) mass is 507 g/mol. The van der Waals surface area contributed by atoms with Crippen LogP contribution in [0.3, 0.4) is 0 Å². The third kappa shape index (κ3) is 19.6. The molecule has 3 unspecified atom stereocenters. The molecule has 204 valence electrons. The summed E-state index contributed by atoms with van der Waals surface area (Å²) in [6.45, 7) is 7.53. The van der Waals surface area contributed by atoms with Crippen LogP contribution in [0.25, 0.3) is 0 Å². The van der Waals surface area contributed by atoms with E-state index < -0.39 is 16.1 Å². The number of hydrogen-bond donors (Lipinski definition) is 1. The zero-order valence-electron chi connectivity index (χ0n) is 23.1. The molecule has 0 saturated carbocycles. The summed E-state index contributed by atoms with van der Waals surface area (Å²) >= 11 is 0. The Morgan fingerprint density at radius 3 is 1.71 bits per heavy atom. The fraction of sp³-hybridized carbons (Fsp3) is 0.962. The maximum atomic E-state index is 11.2. The van der Waals surface area contributed by atoms with E-state index in [2.05, 4.69) is 20.9 Å². The highest BCUT2D eigenvalue weighted by atomic mass is 32.2. The molecule has 0 spiro atoms. The van der Waals surface area contributed by atoms with Gasteiger partial charge in [0.05, 0.1) is 59.5 Å². The standard InChI is InChI=1S/C21H43NO3S.C5H11NO2/c1-4-5-6-7-8-9-10-11-12-13-14-15-16-22(3)17-20(2)21(18-22)19-26(23,24)25;1-6(2,3)4-5(7)8/h20-21H,4-19H2,1-3H3;4H2,1-3H3/p+1. The molecule has 1 aliphatic rings. The second kappa shape index (κ2) is 16.9. The predicted molar refractivity (Wildman–Crippen MR) is 139 cm³/mol. The van der Waals surface area contributed by atoms with Crippen LogP contribution >= 0.6 is 0 Å². The molecule has 1 N–H and O–H groups in total. The quantitative estimate of drug-likeness (QED) is 0.184. The Hall–Kier alpha value is -0.700. The van der Waals surface area contributed by atoms with Gasteiger partial charge in [0, 0.05) is 11.8 Å². The first-order valence-corrected chi connectivity index (χ1v) is 15.1. The molecular weight excluding hydrogens is 452 g/mol. The molecule has 1 heterocycles. The van der Waals surface area contributed by atoms with E-state index >= 15 is 0 Å². The Kier molecular flexibility index (Phi) is 16.5. The van der Waals surface area contributed by atoms with E-state index in [4.69, 9.17) is 4.55 Å². The van der Waals surface area contributed by atoms with Gasteiger partial charge >= 0.3 is 0 Å². The molecule has 3 atom stereocenters. The predicted octanol–water partition coefficient (Wildman–Crippen LogP) is 3.73. The van der Waals surface area contributed by atoms with Crippen molar-refractivity contribution in [1.82, 2.24) is 0 Å². The lowest BCUT2D eigenvalue weighted by molar-refractivity contribution is -0.900. The van der Waals surface area contributed by atoms with Crippen LogP contribution < -0.4 is 5.11 Å². The number of likely N-dealkylation sites (tertiary alicyclic amines) is 1. The number of nitrogens with zero attached hydrogens (tertiary/aromatic N) is 2. The molecule has 0 radical (unpaired) electrons. The van der Waals surface area contributed by atoms with Crippen LogP contribution in [0.5, 0.6) is 0 Å². The molecular formula is C26H55N2O5S+. The maximum absolute atomic E-state index is 11.2. The fourth-order valence-electron chi connectivity index (χ4n) is 5.06. The smallest absolute Gasteiger partial charge is 0.265 e. The minimum Gasteiger partial charge on any atom is -0.544 e. The molecule has 0 aromatic carbocycles. The zero-order valence-corrected chi connectivity index (χ0v) is 23.9. The van der Waals surface area contributed by atoms with E-state index in [0.717, 1.165) is 24.1 Å². The molecule has 0 aliphatic carbocycles. The molecule has 0 bridgehead atoms. The van der Waals surface area contributed by atoms with Crippen LogP contribution in [-0.2, 0) is 14.9 Å². The lowest BCUT2D eigenvalue weighted by Gasteiger charge is -2.30. The third-order valence-corrected chi connectivity index (χ3v) is 7.64. The van der Waals surface area contributed by atoms with E-state index in [1.54, 1.807) is 21.1 Å². The number of rotatable bonds is 17. The van der Waals surface area contributed by atoms with Crippen molar-refractivity contribution in [3.63, 3.8) is 0 Å². The number of carboxylic acid groups (broad SMARTS) is 1. The van der Waals surface area contributed by atoms with E-state index in [-0.39, 0.29) is 18.2 Å². The van der Waals surface area contributed by atoms with E-state index in [9.17, 15) is 18.3 Å². The van der Waals surface area contributed by atoms with Crippen LogP contribution in [-0.4, -0.2) is 88.0 Å². The van der Waals surface area contributed by atoms with E-state index in [1.165, 1.54) is 77.0 Å². The van der Waals surface area contributed by atoms with Crippen LogP contribution in [0, 0.1) is 11.8 Å². The van der Waals surface area contributed by atoms with Crippen molar-refractivity contribution in [2.75, 3.05) is 60.1 Å². The number of quaternary nitrogens is 2. The number of carbonyl (C=O) groups excluding carboxylic acids is 1. The minimum atomic E-state index is -3.85. The lowest BCUT2D eigenvalue weighted by Crippen LogP contribution is -2.45. The Morgan fingerprint density at radius 1 is 0.912 bits per heavy atom. The number of aliphatic carboxylic acids is 1. The molecule has 1 fully saturated rings. The Labute approximate surface area is 210 Å². The molecule has 0 amide bonds. The highest BCUT2D eigenvalue weighted by Gasteiger charge is 2.41. The summed E-state index contributed by atoms with van der Waals surface area (Å²) in [6.07, 6.45) is 16.4. The van der Waals surface area contributed by atoms with Crippen molar-refractivity contribution in [3.05, 3.63) is 0 Å². The molecule has 7 nitrogen and oxygen atoms in total. The molecule has 8 heteroatoms. The van der Waals surface area contributed by atoms with Gasteiger partial charge in [-0.25, -0.2) is 0 Å². The summed E-state index contributed by atoms with van der Waals surface area (Å²) in [5, 5.41) is 9.89. The number of unbranched alkanes of at least 4 members (excludes halogenated alkanes) is 11. The van der Waals surface area contributed by atoms with Gasteiger partial charge in [0.2, 0.25) is 0 Å². The summed E-state index contributed by atoms with van der Waals surface area (Å²) < 4.78 is 32.8. The summed E-state index contributed by atoms with van der Waals surface area (Å²) in [4.78, 5) is 9.89. The van der Waals surface area contributed by atoms with Gasteiger partial charge < -0.3 is 18.9 Å². The summed E-state index contributed by atoms with van der Waals surface area (Å²) in [7, 11) is 3.81. The normalized spacial score (nSPS) is 22.9. The molecule has 0 aromatic rings. The summed E-state index contributed by atoms with van der Waals surface area (Å²) in [6, 6.07) is 0. The van der Waals surface area contributed by atoms with Gasteiger partial charge in [-0.15, -0.1) is 0 Å². The van der Waals surface area contributed by atoms with Crippen molar-refractivity contribution in [1.29, 1.82) is 0 Å². The first-order valence-electron chi connectivity index (χ1n) is 13.5. The first kappa shape index (κ1) is 33.3. The van der Waals surface area contributed by atoms with Crippen molar-refractivity contribution in [3.8, 4) is 0 Å². The van der Waals surface area contributed by atoms with Gasteiger partial charge in [0.25, 0.3) is 10.1 Å². The highest BCUT2D eigenvalue weighted by Crippen LogP contribution is 2.29. The molecule has 1 aliphatic heterocycles. The average Bonchev–Trinajstić information content (AvgIpc) is 2.93. The van der Waals surface area contributed by atoms with Gasteiger partial charge in [-0.3, -0.25) is 4.55 Å². The molecule has 0 aromatic heterocycles. The van der Waals surface area contributed by atoms with Crippen molar-refractivity contribution in [2.24, 2.45) is 11.8 Å². The summed E-state index contributed by atoms with van der Waals surface area (Å²) in [5.74, 6) is -0.593. The Bertz CT molecular complexity index is 648. The molecule has 34 heavy (non-hydrogen) atoms. The van der Waals surface area contributed by atoms with Crippen molar-refractivity contribution in [2.45, 2.75) is 90.9 Å². The largest absolute Gasteiger partial charge is 0.544 e. The van der Waals surface area contributed by atoms with Gasteiger partial charge in [0.15, 0.2) is 0 Å². The zero-order chi connectivity index (χ0) is 26.3. The van der Waals surface area contributed by atoms with E-state index in [1.807, 2.05) is 0 Å². The molecule has 1 saturated heterocycles. The van der Waals surface area contributed by atoms with Gasteiger partial charge in [-0.2, -0.15) is 8.42 Å². The van der Waals surface area contributed by atoms with Crippen LogP contribution in [0.4, 0.5) is 0 Å². The van der Waals surface area contributed by atoms with Crippen LogP contribution in [0.1, 0.15) is 90.9 Å². The topological polar surface area (TPSA) is 94.5 Å². The number of carbonyl (C=O) groups is 1. The number of hydrogen-bond acceptors (Lipinski definition) is 4. The second-order valence-electron chi connectivity index (χ2n) is 11.9. The highest BCUT2D eigenvalue weighted by molar-refractivity contribution is 7.85. The van der Waals surface area contributed by atoms with Gasteiger partial charge in [0.1, 0.15) is 6.54 Å². The number of carboxylic acids is 1. The van der Waals surface area contributed by atoms with E-state index in [0.29, 0.717) is 10.4 Å². The Balaban J connectivity index is 0.00000116. The number of likely N-dealkylation sites (N-methyl/N-ethyl adjacent to an activating group) is 1. The van der Waals surface area contributed by atoms with Crippen molar-refractivity contribution >= 4 is 16.1 Å². The van der Waals surface area contributed by atoms with Crippen LogP contribution in [0.2, 0.25) is 0 Å². The minimum absolute atomic E-state index is 0.0690. The SMILES string of the molecule is CCCCCCCCCCCCCC[N+]1(C)CC(C)C(CS(=O)(=O)O)C1.C[N+](C)(C)CC(=O)[O-]. The van der Waals surface area contributed by atoms with Gasteiger partial charge in [-0.1, -0.05) is 78.1 Å². The van der Waals surface area contributed by atoms with Crippen LogP contribution in [0.15, 0.2) is 0 Å².